The van der Waals surface area contributed by atoms with E-state index in [1.807, 2.05) is 12.1 Å². The fourth-order valence-electron chi connectivity index (χ4n) is 4.24. The second kappa shape index (κ2) is 7.69. The molecular weight excluding hydrogens is 395 g/mol. The van der Waals surface area contributed by atoms with Crippen molar-refractivity contribution >= 4 is 33.1 Å². The Hall–Kier alpha value is -2.99. The van der Waals surface area contributed by atoms with Crippen molar-refractivity contribution in [3.8, 4) is 11.1 Å². The van der Waals surface area contributed by atoms with Gasteiger partial charge in [-0.05, 0) is 49.2 Å². The van der Waals surface area contributed by atoms with Crippen LogP contribution in [0.4, 0.5) is 15.9 Å². The molecule has 0 amide bonds. The number of halogens is 1. The number of hydrogen-bond acceptors (Lipinski definition) is 5. The lowest BCUT2D eigenvalue weighted by molar-refractivity contribution is 0.624. The highest BCUT2D eigenvalue weighted by atomic mass is 32.1. The highest BCUT2D eigenvalue weighted by Crippen LogP contribution is 2.39. The summed E-state index contributed by atoms with van der Waals surface area (Å²) in [7, 11) is 0. The molecule has 2 aromatic heterocycles. The van der Waals surface area contributed by atoms with Gasteiger partial charge in [-0.15, -0.1) is 11.3 Å². The minimum absolute atomic E-state index is 0.197. The first-order valence-corrected chi connectivity index (χ1v) is 11.0. The molecule has 4 aromatic rings. The van der Waals surface area contributed by atoms with E-state index in [2.05, 4.69) is 52.2 Å². The van der Waals surface area contributed by atoms with Crippen LogP contribution in [0.5, 0.6) is 0 Å². The van der Waals surface area contributed by atoms with E-state index in [0.717, 1.165) is 47.9 Å². The number of aromatic nitrogens is 2. The van der Waals surface area contributed by atoms with Crippen molar-refractivity contribution in [3.05, 3.63) is 71.1 Å². The second-order valence-corrected chi connectivity index (χ2v) is 8.65. The number of benzene rings is 2. The average molecular weight is 419 g/mol. The number of piperazine rings is 1. The lowest BCUT2D eigenvalue weighted by Crippen LogP contribution is -2.46. The minimum Gasteiger partial charge on any atom is -0.368 e. The van der Waals surface area contributed by atoms with Gasteiger partial charge in [0.05, 0.1) is 5.39 Å². The van der Waals surface area contributed by atoms with Crippen LogP contribution in [0.1, 0.15) is 11.1 Å². The Morgan fingerprint density at radius 3 is 2.33 bits per heavy atom. The number of aryl methyl sites for hydroxylation is 2. The summed E-state index contributed by atoms with van der Waals surface area (Å²) in [5.74, 6) is 0.812. The van der Waals surface area contributed by atoms with E-state index >= 15 is 0 Å². The third-order valence-corrected chi connectivity index (χ3v) is 6.68. The monoisotopic (exact) mass is 418 g/mol. The Kier molecular flexibility index (Phi) is 4.87. The first-order chi connectivity index (χ1) is 14.6. The smallest absolute Gasteiger partial charge is 0.141 e. The zero-order chi connectivity index (χ0) is 20.7. The summed E-state index contributed by atoms with van der Waals surface area (Å²) in [6, 6.07) is 13.3. The van der Waals surface area contributed by atoms with Crippen LogP contribution in [0.25, 0.3) is 21.3 Å². The molecule has 0 atom stereocenters. The third-order valence-electron chi connectivity index (χ3n) is 5.79. The molecule has 0 spiro atoms. The topological polar surface area (TPSA) is 32.3 Å². The molecule has 1 aliphatic rings. The van der Waals surface area contributed by atoms with Gasteiger partial charge in [0.2, 0.25) is 0 Å². The first-order valence-electron chi connectivity index (χ1n) is 10.2. The molecule has 30 heavy (non-hydrogen) atoms. The Morgan fingerprint density at radius 2 is 1.60 bits per heavy atom. The van der Waals surface area contributed by atoms with Crippen LogP contribution in [-0.4, -0.2) is 36.1 Å². The summed E-state index contributed by atoms with van der Waals surface area (Å²) >= 11 is 1.67. The summed E-state index contributed by atoms with van der Waals surface area (Å²) < 4.78 is 13.2. The van der Waals surface area contributed by atoms with Crippen LogP contribution < -0.4 is 9.80 Å². The number of fused-ring (bicyclic) bond motifs is 1. The predicted octanol–water partition coefficient (Wildman–Crippen LogP) is 5.44. The fraction of sp³-hybridized carbons (Fsp3) is 0.250. The first kappa shape index (κ1) is 19.0. The fourth-order valence-corrected chi connectivity index (χ4v) is 5.14. The number of anilines is 2. The summed E-state index contributed by atoms with van der Waals surface area (Å²) in [6.45, 7) is 7.77. The van der Waals surface area contributed by atoms with Crippen LogP contribution in [0.2, 0.25) is 0 Å². The number of hydrogen-bond donors (Lipinski definition) is 0. The molecule has 0 aliphatic carbocycles. The minimum atomic E-state index is -0.197. The van der Waals surface area contributed by atoms with Crippen molar-refractivity contribution in [3.63, 3.8) is 0 Å². The molecule has 0 saturated carbocycles. The van der Waals surface area contributed by atoms with E-state index in [1.165, 1.54) is 34.4 Å². The van der Waals surface area contributed by atoms with Gasteiger partial charge in [0, 0.05) is 42.8 Å². The Morgan fingerprint density at radius 1 is 0.867 bits per heavy atom. The molecule has 2 aromatic carbocycles. The van der Waals surface area contributed by atoms with Gasteiger partial charge in [-0.2, -0.15) is 0 Å². The van der Waals surface area contributed by atoms with Crippen molar-refractivity contribution in [1.82, 2.24) is 9.97 Å². The van der Waals surface area contributed by atoms with Gasteiger partial charge in [0.15, 0.2) is 0 Å². The molecule has 5 rings (SSSR count). The maximum Gasteiger partial charge on any atom is 0.141 e. The van der Waals surface area contributed by atoms with Gasteiger partial charge in [0.25, 0.3) is 0 Å². The van der Waals surface area contributed by atoms with Crippen molar-refractivity contribution in [1.29, 1.82) is 0 Å². The average Bonchev–Trinajstić information content (AvgIpc) is 3.19. The summed E-state index contributed by atoms with van der Waals surface area (Å²) in [4.78, 5) is 14.9. The molecule has 0 N–H and O–H groups in total. The van der Waals surface area contributed by atoms with Crippen molar-refractivity contribution in [2.75, 3.05) is 36.0 Å². The molecule has 4 nitrogen and oxygen atoms in total. The molecule has 0 unspecified atom stereocenters. The van der Waals surface area contributed by atoms with Gasteiger partial charge >= 0.3 is 0 Å². The van der Waals surface area contributed by atoms with E-state index in [0.29, 0.717) is 0 Å². The second-order valence-electron chi connectivity index (χ2n) is 7.80. The van der Waals surface area contributed by atoms with Gasteiger partial charge in [-0.3, -0.25) is 0 Å². The zero-order valence-corrected chi connectivity index (χ0v) is 17.9. The van der Waals surface area contributed by atoms with Gasteiger partial charge in [0.1, 0.15) is 22.8 Å². The van der Waals surface area contributed by atoms with Gasteiger partial charge in [-0.25, -0.2) is 14.4 Å². The Labute approximate surface area is 179 Å². The molecule has 3 heterocycles. The zero-order valence-electron chi connectivity index (χ0n) is 17.1. The molecule has 0 radical (unpaired) electrons. The van der Waals surface area contributed by atoms with E-state index in [1.54, 1.807) is 17.7 Å². The highest BCUT2D eigenvalue weighted by Gasteiger charge is 2.23. The van der Waals surface area contributed by atoms with Crippen LogP contribution >= 0.6 is 11.3 Å². The molecule has 1 fully saturated rings. The molecule has 0 bridgehead atoms. The SMILES string of the molecule is Cc1ccc(-c2csc3ncnc(N4CCN(c5ccc(F)cc5)CC4)c23)c(C)c1. The van der Waals surface area contributed by atoms with Crippen LogP contribution in [0, 0.1) is 19.7 Å². The normalized spacial score (nSPS) is 14.5. The lowest BCUT2D eigenvalue weighted by atomic mass is 9.99. The van der Waals surface area contributed by atoms with Crippen molar-refractivity contribution < 1.29 is 4.39 Å². The summed E-state index contributed by atoms with van der Waals surface area (Å²) in [5, 5.41) is 3.35. The largest absolute Gasteiger partial charge is 0.368 e. The molecular formula is C24H23FN4S. The van der Waals surface area contributed by atoms with Gasteiger partial charge < -0.3 is 9.80 Å². The summed E-state index contributed by atoms with van der Waals surface area (Å²) in [5.41, 5.74) is 6.06. The molecule has 1 aliphatic heterocycles. The molecule has 1 saturated heterocycles. The highest BCUT2D eigenvalue weighted by molar-refractivity contribution is 7.17. The van der Waals surface area contributed by atoms with E-state index < -0.39 is 0 Å². The Balaban J connectivity index is 1.47. The lowest BCUT2D eigenvalue weighted by Gasteiger charge is -2.37. The van der Waals surface area contributed by atoms with E-state index in [9.17, 15) is 4.39 Å². The maximum atomic E-state index is 13.2. The third kappa shape index (κ3) is 3.41. The standard InChI is InChI=1S/C24H23FN4S/c1-16-3-8-20(17(2)13-16)21-14-30-24-22(21)23(26-15-27-24)29-11-9-28(10-12-29)19-6-4-18(25)5-7-19/h3-8,13-15H,9-12H2,1-2H3. The van der Waals surface area contributed by atoms with Crippen LogP contribution in [0.3, 0.4) is 0 Å². The van der Waals surface area contributed by atoms with Gasteiger partial charge in [-0.1, -0.05) is 23.8 Å². The maximum absolute atomic E-state index is 13.2. The molecule has 6 heteroatoms. The van der Waals surface area contributed by atoms with Crippen molar-refractivity contribution in [2.45, 2.75) is 13.8 Å². The van der Waals surface area contributed by atoms with E-state index in [4.69, 9.17) is 4.98 Å². The van der Waals surface area contributed by atoms with Crippen LogP contribution in [0.15, 0.2) is 54.2 Å². The van der Waals surface area contributed by atoms with Crippen LogP contribution in [-0.2, 0) is 0 Å². The van der Waals surface area contributed by atoms with E-state index in [-0.39, 0.29) is 5.82 Å². The number of thiophene rings is 1. The number of nitrogens with zero attached hydrogens (tertiary/aromatic N) is 4. The molecule has 152 valence electrons. The predicted molar refractivity (Wildman–Crippen MR) is 123 cm³/mol. The number of rotatable bonds is 3. The Bertz CT molecular complexity index is 1190. The van der Waals surface area contributed by atoms with Crippen molar-refractivity contribution in [2.24, 2.45) is 0 Å². The summed E-state index contributed by atoms with van der Waals surface area (Å²) in [6.07, 6.45) is 1.67. The quantitative estimate of drug-likeness (QED) is 0.443.